The molecular formula is C17H34. The van der Waals surface area contributed by atoms with Gasteiger partial charge in [-0.1, -0.05) is 90.9 Å². The number of hydrogen-bond donors (Lipinski definition) is 0. The van der Waals surface area contributed by atoms with E-state index in [1.165, 1.54) is 89.9 Å². The first-order chi connectivity index (χ1) is 8.41. The predicted molar refractivity (Wildman–Crippen MR) is 79.2 cm³/mol. The maximum Gasteiger partial charge on any atom is -0.0173 e. The SMILES string of the molecule is CCCCCC[C]CCCCCCCCCC. The number of unbranched alkanes of at least 4 members (excludes halogenated alkanes) is 14. The minimum absolute atomic E-state index is 1.23. The molecule has 0 saturated heterocycles. The number of hydrogen-bond acceptors (Lipinski definition) is 0. The van der Waals surface area contributed by atoms with Gasteiger partial charge in [-0.25, -0.2) is 0 Å². The first-order valence-electron chi connectivity index (χ1n) is 8.12. The van der Waals surface area contributed by atoms with Crippen LogP contribution in [0.25, 0.3) is 0 Å². The Morgan fingerprint density at radius 3 is 1.29 bits per heavy atom. The molecule has 0 saturated carbocycles. The monoisotopic (exact) mass is 238 g/mol. The van der Waals surface area contributed by atoms with Gasteiger partial charge >= 0.3 is 0 Å². The zero-order valence-electron chi connectivity index (χ0n) is 12.4. The van der Waals surface area contributed by atoms with E-state index in [-0.39, 0.29) is 0 Å². The Balaban J connectivity index is 2.85. The molecule has 0 heterocycles. The normalized spacial score (nSPS) is 10.9. The third-order valence-electron chi connectivity index (χ3n) is 3.41. The lowest BCUT2D eigenvalue weighted by Gasteiger charge is -2.02. The summed E-state index contributed by atoms with van der Waals surface area (Å²) in [6.07, 6.45) is 22.9. The fourth-order valence-electron chi connectivity index (χ4n) is 2.19. The summed E-state index contributed by atoms with van der Waals surface area (Å²) in [6, 6.07) is 0. The predicted octanol–water partition coefficient (Wildman–Crippen LogP) is 6.57. The van der Waals surface area contributed by atoms with Crippen LogP contribution in [0, 0.1) is 6.42 Å². The summed E-state index contributed by atoms with van der Waals surface area (Å²) in [4.78, 5) is 0. The standard InChI is InChI=1S/C17H34/c1-3-5-7-9-11-13-15-17-16-14-12-10-8-6-4-2/h3-13,15-17H2,1-2H3. The van der Waals surface area contributed by atoms with Gasteiger partial charge in [-0.15, -0.1) is 0 Å². The number of rotatable bonds is 14. The molecule has 0 aliphatic rings. The van der Waals surface area contributed by atoms with Crippen LogP contribution < -0.4 is 0 Å². The van der Waals surface area contributed by atoms with Gasteiger partial charge in [-0.2, -0.15) is 0 Å². The van der Waals surface area contributed by atoms with E-state index >= 15 is 0 Å². The fourth-order valence-corrected chi connectivity index (χ4v) is 2.19. The summed E-state index contributed by atoms with van der Waals surface area (Å²) in [7, 11) is 0. The Hall–Kier alpha value is 0. The Kier molecular flexibility index (Phi) is 16.0. The largest absolute Gasteiger partial charge is 0.0654 e. The Morgan fingerprint density at radius 2 is 0.824 bits per heavy atom. The molecule has 0 aliphatic carbocycles. The average molecular weight is 238 g/mol. The van der Waals surface area contributed by atoms with E-state index in [9.17, 15) is 0 Å². The van der Waals surface area contributed by atoms with Crippen LogP contribution in [0.3, 0.4) is 0 Å². The van der Waals surface area contributed by atoms with Crippen LogP contribution in [0.15, 0.2) is 0 Å². The summed E-state index contributed by atoms with van der Waals surface area (Å²) in [5, 5.41) is 0. The van der Waals surface area contributed by atoms with Crippen molar-refractivity contribution in [2.24, 2.45) is 0 Å². The molecular weight excluding hydrogens is 204 g/mol. The molecule has 0 aliphatic heterocycles. The van der Waals surface area contributed by atoms with E-state index in [4.69, 9.17) is 0 Å². The summed E-state index contributed by atoms with van der Waals surface area (Å²) in [5.41, 5.74) is 0. The van der Waals surface area contributed by atoms with Gasteiger partial charge < -0.3 is 0 Å². The van der Waals surface area contributed by atoms with Crippen molar-refractivity contribution < 1.29 is 0 Å². The van der Waals surface area contributed by atoms with E-state index in [2.05, 4.69) is 20.3 Å². The topological polar surface area (TPSA) is 0 Å². The highest BCUT2D eigenvalue weighted by Gasteiger charge is 1.93. The summed E-state index contributed by atoms with van der Waals surface area (Å²) in [6.45, 7) is 4.56. The zero-order valence-corrected chi connectivity index (χ0v) is 12.4. The van der Waals surface area contributed by atoms with Crippen LogP contribution in [0.2, 0.25) is 0 Å². The van der Waals surface area contributed by atoms with Crippen LogP contribution in [0.1, 0.15) is 104 Å². The molecule has 0 aromatic rings. The molecule has 0 aromatic carbocycles. The van der Waals surface area contributed by atoms with Gasteiger partial charge in [0.15, 0.2) is 0 Å². The molecule has 0 heteroatoms. The second kappa shape index (κ2) is 16.0. The Labute approximate surface area is 111 Å². The molecule has 2 radical (unpaired) electrons. The molecule has 0 bridgehead atoms. The first-order valence-corrected chi connectivity index (χ1v) is 8.12. The van der Waals surface area contributed by atoms with Crippen molar-refractivity contribution in [3.63, 3.8) is 0 Å². The fraction of sp³-hybridized carbons (Fsp3) is 0.941. The zero-order chi connectivity index (χ0) is 12.6. The molecule has 0 atom stereocenters. The lowest BCUT2D eigenvalue weighted by molar-refractivity contribution is 0.568. The second-order valence-corrected chi connectivity index (χ2v) is 5.29. The highest BCUT2D eigenvalue weighted by atomic mass is 14.0. The second-order valence-electron chi connectivity index (χ2n) is 5.29. The third kappa shape index (κ3) is 16.0. The Morgan fingerprint density at radius 1 is 0.471 bits per heavy atom. The lowest BCUT2D eigenvalue weighted by Crippen LogP contribution is -1.83. The quantitative estimate of drug-likeness (QED) is 0.300. The third-order valence-corrected chi connectivity index (χ3v) is 3.41. The van der Waals surface area contributed by atoms with E-state index in [0.717, 1.165) is 0 Å². The highest BCUT2D eigenvalue weighted by molar-refractivity contribution is 4.64. The summed E-state index contributed by atoms with van der Waals surface area (Å²) < 4.78 is 0. The van der Waals surface area contributed by atoms with Gasteiger partial charge in [0.1, 0.15) is 0 Å². The van der Waals surface area contributed by atoms with Gasteiger partial charge in [0.05, 0.1) is 0 Å². The molecule has 0 nitrogen and oxygen atoms in total. The van der Waals surface area contributed by atoms with Gasteiger partial charge in [0.25, 0.3) is 0 Å². The van der Waals surface area contributed by atoms with Crippen LogP contribution >= 0.6 is 0 Å². The van der Waals surface area contributed by atoms with E-state index in [1.807, 2.05) is 0 Å². The van der Waals surface area contributed by atoms with Crippen LogP contribution in [0.5, 0.6) is 0 Å². The maximum atomic E-state index is 3.56. The smallest absolute Gasteiger partial charge is 0.0173 e. The van der Waals surface area contributed by atoms with Crippen molar-refractivity contribution >= 4 is 0 Å². The van der Waals surface area contributed by atoms with Crippen molar-refractivity contribution in [3.05, 3.63) is 6.42 Å². The van der Waals surface area contributed by atoms with Gasteiger partial charge in [-0.05, 0) is 19.3 Å². The Bertz CT molecular complexity index is 103. The molecule has 0 unspecified atom stereocenters. The highest BCUT2D eigenvalue weighted by Crippen LogP contribution is 2.12. The van der Waals surface area contributed by atoms with Crippen LogP contribution in [0.4, 0.5) is 0 Å². The van der Waals surface area contributed by atoms with E-state index < -0.39 is 0 Å². The first kappa shape index (κ1) is 17.0. The van der Waals surface area contributed by atoms with Crippen molar-refractivity contribution in [3.8, 4) is 0 Å². The van der Waals surface area contributed by atoms with E-state index in [1.54, 1.807) is 0 Å². The van der Waals surface area contributed by atoms with Gasteiger partial charge in [0, 0.05) is 0 Å². The van der Waals surface area contributed by atoms with Gasteiger partial charge in [0.2, 0.25) is 0 Å². The molecule has 0 fully saturated rings. The van der Waals surface area contributed by atoms with Crippen LogP contribution in [-0.4, -0.2) is 0 Å². The molecule has 0 rings (SSSR count). The molecule has 102 valence electrons. The van der Waals surface area contributed by atoms with Crippen molar-refractivity contribution in [1.82, 2.24) is 0 Å². The van der Waals surface area contributed by atoms with Crippen molar-refractivity contribution in [2.45, 2.75) is 104 Å². The molecule has 0 aromatic heterocycles. The summed E-state index contributed by atoms with van der Waals surface area (Å²) in [5.74, 6) is 0. The van der Waals surface area contributed by atoms with Crippen molar-refractivity contribution in [1.29, 1.82) is 0 Å². The lowest BCUT2D eigenvalue weighted by atomic mass is 10.0. The molecule has 0 spiro atoms. The molecule has 17 heavy (non-hydrogen) atoms. The van der Waals surface area contributed by atoms with Crippen LogP contribution in [-0.2, 0) is 0 Å². The summed E-state index contributed by atoms with van der Waals surface area (Å²) >= 11 is 0. The minimum atomic E-state index is 1.23. The van der Waals surface area contributed by atoms with Gasteiger partial charge in [-0.3, -0.25) is 0 Å². The van der Waals surface area contributed by atoms with Crippen molar-refractivity contribution in [2.75, 3.05) is 0 Å². The average Bonchev–Trinajstić information content (AvgIpc) is 2.35. The minimum Gasteiger partial charge on any atom is -0.0654 e. The molecule has 0 N–H and O–H groups in total. The van der Waals surface area contributed by atoms with E-state index in [0.29, 0.717) is 0 Å². The maximum absolute atomic E-state index is 3.56. The molecule has 0 amide bonds.